The van der Waals surface area contributed by atoms with Crippen LogP contribution in [0.4, 0.5) is 0 Å². The molecule has 0 radical (unpaired) electrons. The first-order valence-electron chi connectivity index (χ1n) is 6.22. The van der Waals surface area contributed by atoms with Crippen LogP contribution >= 0.6 is 15.9 Å². The molecule has 19 heavy (non-hydrogen) atoms. The summed E-state index contributed by atoms with van der Waals surface area (Å²) in [4.78, 5) is 14.9. The van der Waals surface area contributed by atoms with E-state index >= 15 is 0 Å². The lowest BCUT2D eigenvalue weighted by molar-refractivity contribution is 0.0933. The summed E-state index contributed by atoms with van der Waals surface area (Å²) in [5, 5.41) is 11.2. The van der Waals surface area contributed by atoms with E-state index in [1.165, 1.54) is 0 Å². The van der Waals surface area contributed by atoms with Gasteiger partial charge in [-0.25, -0.2) is 0 Å². The van der Waals surface area contributed by atoms with E-state index in [4.69, 9.17) is 0 Å². The first-order valence-corrected chi connectivity index (χ1v) is 7.01. The minimum atomic E-state index is -0.158. The standard InChI is InChI=1S/C12H14BrN5O/c1-7(11-17-16-10-3-2-4-18(10)11)15-12(19)9-5-8(13)6-14-9/h5-7,14H,2-4H2,1H3,(H,15,19)/t7-/m1/s1. The molecule has 3 rings (SSSR count). The Balaban J connectivity index is 1.74. The number of hydrogen-bond donors (Lipinski definition) is 2. The maximum atomic E-state index is 12.0. The second kappa shape index (κ2) is 4.80. The predicted octanol–water partition coefficient (Wildman–Crippen LogP) is 1.81. The number of H-pyrrole nitrogens is 1. The average Bonchev–Trinajstić information content (AvgIpc) is 3.02. The van der Waals surface area contributed by atoms with Gasteiger partial charge in [-0.05, 0) is 35.3 Å². The highest BCUT2D eigenvalue weighted by Gasteiger charge is 2.22. The molecule has 2 aromatic heterocycles. The van der Waals surface area contributed by atoms with Gasteiger partial charge in [-0.15, -0.1) is 10.2 Å². The maximum absolute atomic E-state index is 12.0. The Morgan fingerprint density at radius 1 is 1.58 bits per heavy atom. The molecule has 2 aromatic rings. The number of halogens is 1. The van der Waals surface area contributed by atoms with Gasteiger partial charge < -0.3 is 14.9 Å². The zero-order valence-electron chi connectivity index (χ0n) is 10.5. The van der Waals surface area contributed by atoms with Crippen molar-refractivity contribution in [2.45, 2.75) is 32.4 Å². The molecular weight excluding hydrogens is 310 g/mol. The van der Waals surface area contributed by atoms with Crippen LogP contribution in [0.5, 0.6) is 0 Å². The molecule has 0 saturated heterocycles. The van der Waals surface area contributed by atoms with Gasteiger partial charge in [0.25, 0.3) is 5.91 Å². The lowest BCUT2D eigenvalue weighted by Gasteiger charge is -2.13. The third-order valence-electron chi connectivity index (χ3n) is 3.27. The van der Waals surface area contributed by atoms with Crippen LogP contribution in [0.2, 0.25) is 0 Å². The first-order chi connectivity index (χ1) is 9.15. The monoisotopic (exact) mass is 323 g/mol. The first kappa shape index (κ1) is 12.4. The van der Waals surface area contributed by atoms with Gasteiger partial charge in [0.1, 0.15) is 11.5 Å². The lowest BCUT2D eigenvalue weighted by Crippen LogP contribution is -2.28. The van der Waals surface area contributed by atoms with Crippen molar-refractivity contribution in [3.05, 3.63) is 34.1 Å². The minimum absolute atomic E-state index is 0.145. The summed E-state index contributed by atoms with van der Waals surface area (Å²) in [6.45, 7) is 2.86. The maximum Gasteiger partial charge on any atom is 0.268 e. The Morgan fingerprint density at radius 2 is 2.42 bits per heavy atom. The fourth-order valence-electron chi connectivity index (χ4n) is 2.33. The second-order valence-corrected chi connectivity index (χ2v) is 5.57. The molecule has 1 aliphatic heterocycles. The number of aromatic amines is 1. The van der Waals surface area contributed by atoms with Crippen LogP contribution in [-0.4, -0.2) is 25.7 Å². The molecule has 0 bridgehead atoms. The van der Waals surface area contributed by atoms with E-state index in [9.17, 15) is 4.79 Å². The van der Waals surface area contributed by atoms with Crippen molar-refractivity contribution >= 4 is 21.8 Å². The number of aryl methyl sites for hydroxylation is 1. The van der Waals surface area contributed by atoms with Crippen molar-refractivity contribution in [1.82, 2.24) is 25.1 Å². The Bertz CT molecular complexity index is 617. The topological polar surface area (TPSA) is 75.6 Å². The fraction of sp³-hybridized carbons (Fsp3) is 0.417. The number of carbonyl (C=O) groups is 1. The van der Waals surface area contributed by atoms with Gasteiger partial charge in [0.2, 0.25) is 0 Å². The van der Waals surface area contributed by atoms with E-state index in [2.05, 4.69) is 41.0 Å². The molecule has 100 valence electrons. The summed E-state index contributed by atoms with van der Waals surface area (Å²) < 4.78 is 2.95. The third kappa shape index (κ3) is 2.30. The van der Waals surface area contributed by atoms with Gasteiger partial charge in [0.15, 0.2) is 5.82 Å². The molecular formula is C12H14BrN5O. The zero-order valence-corrected chi connectivity index (χ0v) is 12.1. The van der Waals surface area contributed by atoms with E-state index < -0.39 is 0 Å². The molecule has 6 nitrogen and oxygen atoms in total. The van der Waals surface area contributed by atoms with E-state index in [1.807, 2.05) is 6.92 Å². The molecule has 2 N–H and O–H groups in total. The van der Waals surface area contributed by atoms with E-state index in [-0.39, 0.29) is 11.9 Å². The van der Waals surface area contributed by atoms with Gasteiger partial charge in [-0.1, -0.05) is 0 Å². The van der Waals surface area contributed by atoms with Crippen molar-refractivity contribution < 1.29 is 4.79 Å². The Labute approximate surface area is 118 Å². The van der Waals surface area contributed by atoms with Crippen LogP contribution in [0.15, 0.2) is 16.7 Å². The van der Waals surface area contributed by atoms with E-state index in [0.717, 1.165) is 35.5 Å². The van der Waals surface area contributed by atoms with Crippen molar-refractivity contribution in [2.75, 3.05) is 0 Å². The molecule has 7 heteroatoms. The number of nitrogens with zero attached hydrogens (tertiary/aromatic N) is 3. The highest BCUT2D eigenvalue weighted by molar-refractivity contribution is 9.10. The van der Waals surface area contributed by atoms with Gasteiger partial charge in [-0.3, -0.25) is 4.79 Å². The van der Waals surface area contributed by atoms with Crippen molar-refractivity contribution in [3.8, 4) is 0 Å². The molecule has 0 saturated carbocycles. The van der Waals surface area contributed by atoms with Gasteiger partial charge in [-0.2, -0.15) is 0 Å². The normalized spacial score (nSPS) is 15.3. The van der Waals surface area contributed by atoms with Crippen LogP contribution in [0.25, 0.3) is 0 Å². The molecule has 0 aromatic carbocycles. The molecule has 1 atom stereocenters. The molecule has 0 unspecified atom stereocenters. The van der Waals surface area contributed by atoms with Gasteiger partial charge >= 0.3 is 0 Å². The highest BCUT2D eigenvalue weighted by Crippen LogP contribution is 2.19. The number of aromatic nitrogens is 4. The largest absolute Gasteiger partial charge is 0.356 e. The van der Waals surface area contributed by atoms with Crippen LogP contribution < -0.4 is 5.32 Å². The molecule has 1 aliphatic rings. The zero-order chi connectivity index (χ0) is 13.4. The summed E-state index contributed by atoms with van der Waals surface area (Å²) in [6.07, 6.45) is 3.80. The summed E-state index contributed by atoms with van der Waals surface area (Å²) >= 11 is 3.31. The van der Waals surface area contributed by atoms with Crippen molar-refractivity contribution in [1.29, 1.82) is 0 Å². The summed E-state index contributed by atoms with van der Waals surface area (Å²) in [6, 6.07) is 1.59. The Hall–Kier alpha value is -1.63. The van der Waals surface area contributed by atoms with Crippen LogP contribution in [-0.2, 0) is 13.0 Å². The third-order valence-corrected chi connectivity index (χ3v) is 3.72. The van der Waals surface area contributed by atoms with E-state index in [1.54, 1.807) is 12.3 Å². The number of nitrogens with one attached hydrogen (secondary N) is 2. The van der Waals surface area contributed by atoms with Gasteiger partial charge in [0.05, 0.1) is 6.04 Å². The number of hydrogen-bond acceptors (Lipinski definition) is 3. The average molecular weight is 324 g/mol. The van der Waals surface area contributed by atoms with E-state index in [0.29, 0.717) is 5.69 Å². The molecule has 1 amide bonds. The number of fused-ring (bicyclic) bond motifs is 1. The summed E-state index contributed by atoms with van der Waals surface area (Å²) in [5.74, 6) is 1.69. The second-order valence-electron chi connectivity index (χ2n) is 4.66. The van der Waals surface area contributed by atoms with Crippen LogP contribution in [0.1, 0.15) is 41.5 Å². The number of amides is 1. The highest BCUT2D eigenvalue weighted by atomic mass is 79.9. The predicted molar refractivity (Wildman–Crippen MR) is 72.7 cm³/mol. The van der Waals surface area contributed by atoms with Crippen LogP contribution in [0.3, 0.4) is 0 Å². The Morgan fingerprint density at radius 3 is 3.16 bits per heavy atom. The smallest absolute Gasteiger partial charge is 0.268 e. The van der Waals surface area contributed by atoms with Crippen molar-refractivity contribution in [3.63, 3.8) is 0 Å². The van der Waals surface area contributed by atoms with Crippen LogP contribution in [0, 0.1) is 0 Å². The fourth-order valence-corrected chi connectivity index (χ4v) is 2.67. The lowest BCUT2D eigenvalue weighted by atomic mass is 10.3. The number of carbonyl (C=O) groups excluding carboxylic acids is 1. The summed E-state index contributed by atoms with van der Waals surface area (Å²) in [5.41, 5.74) is 0.528. The molecule has 0 fully saturated rings. The van der Waals surface area contributed by atoms with Crippen molar-refractivity contribution in [2.24, 2.45) is 0 Å². The number of rotatable bonds is 3. The molecule has 0 spiro atoms. The SMILES string of the molecule is C[C@@H](NC(=O)c1cc(Br)c[nH]1)c1nnc2n1CCC2. The quantitative estimate of drug-likeness (QED) is 0.904. The minimum Gasteiger partial charge on any atom is -0.356 e. The van der Waals surface area contributed by atoms with Gasteiger partial charge in [0, 0.05) is 23.6 Å². The molecule has 0 aliphatic carbocycles. The molecule has 3 heterocycles. The summed E-state index contributed by atoms with van der Waals surface area (Å²) in [7, 11) is 0. The Kier molecular flexibility index (Phi) is 3.14.